The molecule has 5 rings (SSSR count). The highest BCUT2D eigenvalue weighted by Crippen LogP contribution is 2.52. The number of benzene rings is 2. The third-order valence-electron chi connectivity index (χ3n) is 7.93. The molecular formula is C28H32N2O5. The summed E-state index contributed by atoms with van der Waals surface area (Å²) < 4.78 is 5.54. The molecule has 7 heteroatoms. The van der Waals surface area contributed by atoms with E-state index in [0.29, 0.717) is 18.4 Å². The van der Waals surface area contributed by atoms with E-state index in [1.54, 1.807) is 11.9 Å². The minimum atomic E-state index is -1.16. The number of alkyl carbamates (subject to hydrolysis) is 1. The van der Waals surface area contributed by atoms with Crippen LogP contribution < -0.4 is 5.32 Å². The predicted molar refractivity (Wildman–Crippen MR) is 131 cm³/mol. The van der Waals surface area contributed by atoms with Crippen molar-refractivity contribution in [3.63, 3.8) is 0 Å². The minimum Gasteiger partial charge on any atom is -0.481 e. The number of amides is 2. The largest absolute Gasteiger partial charge is 0.481 e. The van der Waals surface area contributed by atoms with Gasteiger partial charge in [0.05, 0.1) is 6.42 Å². The van der Waals surface area contributed by atoms with Crippen LogP contribution in [0.5, 0.6) is 0 Å². The second kappa shape index (κ2) is 9.72. The van der Waals surface area contributed by atoms with Crippen LogP contribution in [0, 0.1) is 17.8 Å². The molecule has 2 fully saturated rings. The average molecular weight is 477 g/mol. The number of hydrogen-bond donors (Lipinski definition) is 2. The fourth-order valence-electron chi connectivity index (χ4n) is 6.13. The maximum Gasteiger partial charge on any atom is 0.407 e. The Hall–Kier alpha value is -3.35. The van der Waals surface area contributed by atoms with Crippen LogP contribution in [0.2, 0.25) is 0 Å². The van der Waals surface area contributed by atoms with Gasteiger partial charge in [0.1, 0.15) is 12.6 Å². The maximum atomic E-state index is 13.1. The lowest BCUT2D eigenvalue weighted by Crippen LogP contribution is -2.49. The number of nitrogens with one attached hydrogen (secondary N) is 1. The van der Waals surface area contributed by atoms with Crippen LogP contribution in [-0.4, -0.2) is 54.2 Å². The zero-order valence-electron chi connectivity index (χ0n) is 20.0. The summed E-state index contributed by atoms with van der Waals surface area (Å²) in [5.74, 6) is 0.308. The van der Waals surface area contributed by atoms with Gasteiger partial charge in [0.25, 0.3) is 0 Å². The highest BCUT2D eigenvalue weighted by Gasteiger charge is 2.45. The van der Waals surface area contributed by atoms with E-state index in [1.165, 1.54) is 19.3 Å². The minimum absolute atomic E-state index is 0.106. The van der Waals surface area contributed by atoms with Crippen molar-refractivity contribution in [2.75, 3.05) is 20.2 Å². The van der Waals surface area contributed by atoms with Gasteiger partial charge in [0, 0.05) is 19.5 Å². The molecule has 0 aromatic heterocycles. The Bertz CT molecular complexity index is 1090. The van der Waals surface area contributed by atoms with Crippen molar-refractivity contribution in [2.45, 2.75) is 44.1 Å². The number of aliphatic carboxylic acids is 1. The van der Waals surface area contributed by atoms with Gasteiger partial charge in [-0.25, -0.2) is 4.79 Å². The standard InChI is InChI=1S/C28H32N2O5/c1-30(15-18-8-6-7-17-13-23(17)18)27(33)25(14-26(31)32)29-28(34)35-16-24-21-11-4-2-9-19(21)20-10-3-5-12-22(20)24/h2-5,9-12,17-18,23-25H,6-8,13-16H2,1H3,(H,29,34)(H,31,32). The second-order valence-electron chi connectivity index (χ2n) is 10.2. The Balaban J connectivity index is 1.21. The predicted octanol–water partition coefficient (Wildman–Crippen LogP) is 4.26. The van der Waals surface area contributed by atoms with Gasteiger partial charge in [-0.2, -0.15) is 0 Å². The quantitative estimate of drug-likeness (QED) is 0.593. The van der Waals surface area contributed by atoms with Crippen molar-refractivity contribution in [1.82, 2.24) is 10.2 Å². The number of rotatable bonds is 8. The number of carboxylic acids is 1. The summed E-state index contributed by atoms with van der Waals surface area (Å²) in [7, 11) is 1.70. The lowest BCUT2D eigenvalue weighted by molar-refractivity contribution is -0.142. The van der Waals surface area contributed by atoms with Gasteiger partial charge in [0.2, 0.25) is 5.91 Å². The lowest BCUT2D eigenvalue weighted by Gasteiger charge is -2.29. The lowest BCUT2D eigenvalue weighted by atomic mass is 9.88. The van der Waals surface area contributed by atoms with Crippen molar-refractivity contribution in [2.24, 2.45) is 17.8 Å². The second-order valence-corrected chi connectivity index (χ2v) is 10.2. The molecular weight excluding hydrogens is 444 g/mol. The zero-order chi connectivity index (χ0) is 24.5. The number of carbonyl (C=O) groups is 3. The molecule has 2 saturated carbocycles. The molecule has 184 valence electrons. The van der Waals surface area contributed by atoms with Gasteiger partial charge in [-0.1, -0.05) is 61.4 Å². The first-order chi connectivity index (χ1) is 16.9. The van der Waals surface area contributed by atoms with E-state index in [-0.39, 0.29) is 18.4 Å². The SMILES string of the molecule is CN(CC1CCCC2CC21)C(=O)C(CC(=O)O)NC(=O)OCC1c2ccccc2-c2ccccc21. The molecule has 4 unspecified atom stereocenters. The Morgan fingerprint density at radius 2 is 1.71 bits per heavy atom. The van der Waals surface area contributed by atoms with Crippen molar-refractivity contribution in [3.05, 3.63) is 59.7 Å². The van der Waals surface area contributed by atoms with Gasteiger partial charge >= 0.3 is 12.1 Å². The highest BCUT2D eigenvalue weighted by molar-refractivity contribution is 5.89. The van der Waals surface area contributed by atoms with Crippen LogP contribution in [0.1, 0.15) is 49.1 Å². The number of carbonyl (C=O) groups excluding carboxylic acids is 2. The summed E-state index contributed by atoms with van der Waals surface area (Å²) >= 11 is 0. The van der Waals surface area contributed by atoms with Crippen LogP contribution in [-0.2, 0) is 14.3 Å². The van der Waals surface area contributed by atoms with Gasteiger partial charge in [0.15, 0.2) is 0 Å². The summed E-state index contributed by atoms with van der Waals surface area (Å²) in [5.41, 5.74) is 4.42. The van der Waals surface area contributed by atoms with E-state index in [9.17, 15) is 19.5 Å². The third-order valence-corrected chi connectivity index (χ3v) is 7.93. The van der Waals surface area contributed by atoms with Gasteiger partial charge in [-0.3, -0.25) is 9.59 Å². The number of ether oxygens (including phenoxy) is 1. The smallest absolute Gasteiger partial charge is 0.407 e. The Morgan fingerprint density at radius 1 is 1.06 bits per heavy atom. The Labute approximate surface area is 205 Å². The van der Waals surface area contributed by atoms with E-state index >= 15 is 0 Å². The van der Waals surface area contributed by atoms with Crippen molar-refractivity contribution in [1.29, 1.82) is 0 Å². The molecule has 0 aliphatic heterocycles. The molecule has 0 spiro atoms. The zero-order valence-corrected chi connectivity index (χ0v) is 20.0. The van der Waals surface area contributed by atoms with Crippen LogP contribution in [0.3, 0.4) is 0 Å². The molecule has 3 aliphatic rings. The van der Waals surface area contributed by atoms with E-state index < -0.39 is 24.5 Å². The van der Waals surface area contributed by atoms with Crippen LogP contribution in [0.25, 0.3) is 11.1 Å². The first kappa shape index (κ1) is 23.4. The number of nitrogens with zero attached hydrogens (tertiary/aromatic N) is 1. The van der Waals surface area contributed by atoms with Crippen molar-refractivity contribution in [3.8, 4) is 11.1 Å². The summed E-state index contributed by atoms with van der Waals surface area (Å²) in [6, 6.07) is 14.9. The third kappa shape index (κ3) is 4.90. The number of hydrogen-bond acceptors (Lipinski definition) is 4. The van der Waals surface area contributed by atoms with E-state index in [4.69, 9.17) is 4.74 Å². The van der Waals surface area contributed by atoms with Crippen LogP contribution in [0.15, 0.2) is 48.5 Å². The Kier molecular flexibility index (Phi) is 6.50. The first-order valence-electron chi connectivity index (χ1n) is 12.5. The molecule has 2 aromatic carbocycles. The van der Waals surface area contributed by atoms with E-state index in [0.717, 1.165) is 34.6 Å². The molecule has 0 heterocycles. The average Bonchev–Trinajstić information content (AvgIpc) is 3.58. The summed E-state index contributed by atoms with van der Waals surface area (Å²) in [6.07, 6.45) is 3.55. The van der Waals surface area contributed by atoms with E-state index in [2.05, 4.69) is 17.4 Å². The van der Waals surface area contributed by atoms with Crippen LogP contribution in [0.4, 0.5) is 4.79 Å². The first-order valence-corrected chi connectivity index (χ1v) is 12.5. The van der Waals surface area contributed by atoms with Gasteiger partial charge in [-0.05, 0) is 52.8 Å². The molecule has 0 bridgehead atoms. The number of carboxylic acid groups (broad SMARTS) is 1. The molecule has 4 atom stereocenters. The monoisotopic (exact) mass is 476 g/mol. The topological polar surface area (TPSA) is 95.9 Å². The van der Waals surface area contributed by atoms with Crippen LogP contribution >= 0.6 is 0 Å². The van der Waals surface area contributed by atoms with Crippen molar-refractivity contribution >= 4 is 18.0 Å². The summed E-state index contributed by atoms with van der Waals surface area (Å²) in [6.45, 7) is 0.706. The van der Waals surface area contributed by atoms with Gasteiger partial charge in [-0.15, -0.1) is 0 Å². The molecule has 0 radical (unpaired) electrons. The molecule has 2 N–H and O–H groups in total. The fraction of sp³-hybridized carbons (Fsp3) is 0.464. The fourth-order valence-corrected chi connectivity index (χ4v) is 6.13. The molecule has 3 aliphatic carbocycles. The molecule has 7 nitrogen and oxygen atoms in total. The maximum absolute atomic E-state index is 13.1. The number of fused-ring (bicyclic) bond motifs is 4. The number of likely N-dealkylation sites (N-methyl/N-ethyl adjacent to an activating group) is 1. The van der Waals surface area contributed by atoms with Crippen molar-refractivity contribution < 1.29 is 24.2 Å². The molecule has 0 saturated heterocycles. The molecule has 2 amide bonds. The summed E-state index contributed by atoms with van der Waals surface area (Å²) in [5, 5.41) is 11.9. The Morgan fingerprint density at radius 3 is 2.37 bits per heavy atom. The highest BCUT2D eigenvalue weighted by atomic mass is 16.5. The van der Waals surface area contributed by atoms with Gasteiger partial charge < -0.3 is 20.1 Å². The molecule has 2 aromatic rings. The van der Waals surface area contributed by atoms with E-state index in [1.807, 2.05) is 36.4 Å². The molecule has 35 heavy (non-hydrogen) atoms. The normalized spacial score (nSPS) is 22.8. The summed E-state index contributed by atoms with van der Waals surface area (Å²) in [4.78, 5) is 38.8.